The minimum atomic E-state index is -0.636. The van der Waals surface area contributed by atoms with Crippen LogP contribution < -0.4 is 4.74 Å². The van der Waals surface area contributed by atoms with E-state index in [1.54, 1.807) is 12.1 Å². The van der Waals surface area contributed by atoms with Crippen molar-refractivity contribution in [1.29, 1.82) is 0 Å². The Balaban J connectivity index is 2.49. The van der Waals surface area contributed by atoms with Crippen LogP contribution in [0.4, 0.5) is 0 Å². The molecule has 0 bridgehead atoms. The molecule has 106 valence electrons. The number of carbonyl (C=O) groups excluding carboxylic acids is 2. The first-order valence-corrected chi connectivity index (χ1v) is 6.30. The summed E-state index contributed by atoms with van der Waals surface area (Å²) in [5.74, 6) is -1.07. The van der Waals surface area contributed by atoms with Crippen molar-refractivity contribution in [2.45, 2.75) is 0 Å². The molecule has 0 aromatic heterocycles. The Kier molecular flexibility index (Phi) is 4.51. The summed E-state index contributed by atoms with van der Waals surface area (Å²) in [6.07, 6.45) is 2.50. The van der Waals surface area contributed by atoms with E-state index in [-0.39, 0.29) is 17.9 Å². The fraction of sp³-hybridized carbons (Fsp3) is 0.0588. The quantitative estimate of drug-likeness (QED) is 0.365. The van der Waals surface area contributed by atoms with Crippen LogP contribution in [0.3, 0.4) is 0 Å². The number of esters is 2. The van der Waals surface area contributed by atoms with E-state index in [4.69, 9.17) is 9.47 Å². The van der Waals surface area contributed by atoms with E-state index in [2.05, 4.69) is 13.2 Å². The standard InChI is InChI=1S/C17H14O4/c1-3-9-20-17(19)14-10-12-7-5-6-8-13(12)11-15(14)21-16(18)4-2/h3-8,10-11H,1-2,9H2. The highest BCUT2D eigenvalue weighted by Crippen LogP contribution is 2.27. The molecule has 0 aliphatic carbocycles. The van der Waals surface area contributed by atoms with Crippen LogP contribution in [0.25, 0.3) is 10.8 Å². The number of ether oxygens (including phenoxy) is 2. The van der Waals surface area contributed by atoms with Crippen molar-refractivity contribution in [2.75, 3.05) is 6.61 Å². The molecular weight excluding hydrogens is 268 g/mol. The number of hydrogen-bond donors (Lipinski definition) is 0. The predicted molar refractivity (Wildman–Crippen MR) is 80.3 cm³/mol. The average molecular weight is 282 g/mol. The van der Waals surface area contributed by atoms with Gasteiger partial charge in [0.1, 0.15) is 17.9 Å². The lowest BCUT2D eigenvalue weighted by Crippen LogP contribution is -2.11. The van der Waals surface area contributed by atoms with Crippen LogP contribution in [0.15, 0.2) is 61.7 Å². The Bertz CT molecular complexity index is 716. The van der Waals surface area contributed by atoms with Crippen molar-refractivity contribution in [2.24, 2.45) is 0 Å². The first-order chi connectivity index (χ1) is 10.2. The van der Waals surface area contributed by atoms with Crippen LogP contribution in [0.5, 0.6) is 5.75 Å². The van der Waals surface area contributed by atoms with Crippen molar-refractivity contribution in [1.82, 2.24) is 0 Å². The van der Waals surface area contributed by atoms with Gasteiger partial charge in [-0.25, -0.2) is 9.59 Å². The molecule has 4 heteroatoms. The summed E-state index contributed by atoms with van der Waals surface area (Å²) in [5, 5.41) is 1.70. The summed E-state index contributed by atoms with van der Waals surface area (Å²) >= 11 is 0. The number of rotatable bonds is 5. The van der Waals surface area contributed by atoms with Gasteiger partial charge < -0.3 is 9.47 Å². The van der Waals surface area contributed by atoms with Crippen LogP contribution >= 0.6 is 0 Å². The number of carbonyl (C=O) groups is 2. The number of benzene rings is 2. The lowest BCUT2D eigenvalue weighted by Gasteiger charge is -2.10. The summed E-state index contributed by atoms with van der Waals surface area (Å²) in [4.78, 5) is 23.4. The van der Waals surface area contributed by atoms with Crippen LogP contribution in [-0.4, -0.2) is 18.5 Å². The smallest absolute Gasteiger partial charge is 0.342 e. The molecule has 0 saturated carbocycles. The highest BCUT2D eigenvalue weighted by Gasteiger charge is 2.17. The lowest BCUT2D eigenvalue weighted by atomic mass is 10.1. The summed E-state index contributed by atoms with van der Waals surface area (Å²) in [7, 11) is 0. The van der Waals surface area contributed by atoms with Crippen LogP contribution in [0, 0.1) is 0 Å². The monoisotopic (exact) mass is 282 g/mol. The fourth-order valence-corrected chi connectivity index (χ4v) is 1.83. The van der Waals surface area contributed by atoms with E-state index in [1.165, 1.54) is 6.08 Å². The molecule has 2 aromatic rings. The van der Waals surface area contributed by atoms with Crippen molar-refractivity contribution < 1.29 is 19.1 Å². The van der Waals surface area contributed by atoms with Crippen molar-refractivity contribution >= 4 is 22.7 Å². The van der Waals surface area contributed by atoms with Gasteiger partial charge >= 0.3 is 11.9 Å². The molecule has 4 nitrogen and oxygen atoms in total. The maximum Gasteiger partial charge on any atom is 0.342 e. The number of hydrogen-bond acceptors (Lipinski definition) is 4. The molecule has 2 rings (SSSR count). The summed E-state index contributed by atoms with van der Waals surface area (Å²) < 4.78 is 10.1. The van der Waals surface area contributed by atoms with Gasteiger partial charge in [0.05, 0.1) is 0 Å². The third-order valence-electron chi connectivity index (χ3n) is 2.78. The molecule has 0 unspecified atom stereocenters. The van der Waals surface area contributed by atoms with Crippen LogP contribution in [-0.2, 0) is 9.53 Å². The zero-order valence-corrected chi connectivity index (χ0v) is 11.4. The second-order valence-electron chi connectivity index (χ2n) is 4.21. The Labute approximate surface area is 122 Å². The SMILES string of the molecule is C=CCOC(=O)c1cc2ccccc2cc1OC(=O)C=C. The van der Waals surface area contributed by atoms with Crippen molar-refractivity contribution in [3.05, 3.63) is 67.3 Å². The third-order valence-corrected chi connectivity index (χ3v) is 2.78. The van der Waals surface area contributed by atoms with Crippen LogP contribution in [0.1, 0.15) is 10.4 Å². The molecular formula is C17H14O4. The molecule has 0 atom stereocenters. The minimum absolute atomic E-state index is 0.0838. The van der Waals surface area contributed by atoms with Gasteiger partial charge in [0.25, 0.3) is 0 Å². The molecule has 0 fully saturated rings. The highest BCUT2D eigenvalue weighted by atomic mass is 16.5. The van der Waals surface area contributed by atoms with Gasteiger partial charge in [0.15, 0.2) is 0 Å². The molecule has 21 heavy (non-hydrogen) atoms. The predicted octanol–water partition coefficient (Wildman–Crippen LogP) is 3.27. The van der Waals surface area contributed by atoms with E-state index in [0.717, 1.165) is 16.8 Å². The van der Waals surface area contributed by atoms with E-state index in [1.807, 2.05) is 24.3 Å². The molecule has 0 radical (unpaired) electrons. The summed E-state index contributed by atoms with van der Waals surface area (Å²) in [6.45, 7) is 6.91. The van der Waals surface area contributed by atoms with Gasteiger partial charge in [-0.15, -0.1) is 0 Å². The highest BCUT2D eigenvalue weighted by molar-refractivity contribution is 6.00. The molecule has 0 spiro atoms. The van der Waals surface area contributed by atoms with E-state index >= 15 is 0 Å². The molecule has 0 aliphatic heterocycles. The Morgan fingerprint density at radius 3 is 2.38 bits per heavy atom. The Hall–Kier alpha value is -2.88. The van der Waals surface area contributed by atoms with Gasteiger partial charge in [-0.05, 0) is 22.9 Å². The lowest BCUT2D eigenvalue weighted by molar-refractivity contribution is -0.128. The zero-order chi connectivity index (χ0) is 15.2. The molecule has 0 aliphatic rings. The maximum atomic E-state index is 12.1. The number of fused-ring (bicyclic) bond motifs is 1. The summed E-state index contributed by atoms with van der Waals surface area (Å²) in [5.41, 5.74) is 0.186. The second kappa shape index (κ2) is 6.52. The van der Waals surface area contributed by atoms with Crippen LogP contribution in [0.2, 0.25) is 0 Å². The second-order valence-corrected chi connectivity index (χ2v) is 4.21. The largest absolute Gasteiger partial charge is 0.458 e. The molecule has 0 heterocycles. The van der Waals surface area contributed by atoms with E-state index < -0.39 is 11.9 Å². The van der Waals surface area contributed by atoms with E-state index in [9.17, 15) is 9.59 Å². The van der Waals surface area contributed by atoms with Gasteiger partial charge in [0, 0.05) is 6.08 Å². The first kappa shape index (κ1) is 14.5. The molecule has 0 amide bonds. The molecule has 0 N–H and O–H groups in total. The van der Waals surface area contributed by atoms with Crippen molar-refractivity contribution in [3.8, 4) is 5.75 Å². The average Bonchev–Trinajstić information content (AvgIpc) is 2.51. The fourth-order valence-electron chi connectivity index (χ4n) is 1.83. The van der Waals surface area contributed by atoms with Crippen molar-refractivity contribution in [3.63, 3.8) is 0 Å². The third kappa shape index (κ3) is 3.36. The zero-order valence-electron chi connectivity index (χ0n) is 11.4. The molecule has 0 saturated heterocycles. The van der Waals surface area contributed by atoms with Gasteiger partial charge in [-0.2, -0.15) is 0 Å². The van der Waals surface area contributed by atoms with E-state index in [0.29, 0.717) is 0 Å². The molecule has 2 aromatic carbocycles. The maximum absolute atomic E-state index is 12.1. The minimum Gasteiger partial charge on any atom is -0.458 e. The Morgan fingerprint density at radius 1 is 1.10 bits per heavy atom. The first-order valence-electron chi connectivity index (χ1n) is 6.30. The normalized spacial score (nSPS) is 9.90. The Morgan fingerprint density at radius 2 is 1.76 bits per heavy atom. The topological polar surface area (TPSA) is 52.6 Å². The van der Waals surface area contributed by atoms with Gasteiger partial charge in [-0.3, -0.25) is 0 Å². The van der Waals surface area contributed by atoms with Gasteiger partial charge in [-0.1, -0.05) is 43.5 Å². The van der Waals surface area contributed by atoms with Gasteiger partial charge in [0.2, 0.25) is 0 Å². The summed E-state index contributed by atoms with van der Waals surface area (Å²) in [6, 6.07) is 10.7.